The number of anilines is 1. The Kier molecular flexibility index (Phi) is 5.03. The van der Waals surface area contributed by atoms with Gasteiger partial charge in [-0.3, -0.25) is 9.48 Å². The molecule has 0 fully saturated rings. The van der Waals surface area contributed by atoms with Crippen molar-refractivity contribution in [1.29, 1.82) is 0 Å². The minimum Gasteiger partial charge on any atom is -0.322 e. The summed E-state index contributed by atoms with van der Waals surface area (Å²) < 4.78 is 1.78. The van der Waals surface area contributed by atoms with Crippen molar-refractivity contribution in [3.8, 4) is 0 Å². The molecule has 0 aliphatic carbocycles. The fourth-order valence-electron chi connectivity index (χ4n) is 2.57. The zero-order chi connectivity index (χ0) is 16.4. The zero-order valence-electron chi connectivity index (χ0n) is 14.1. The van der Waals surface area contributed by atoms with Crippen LogP contribution in [0.1, 0.15) is 39.7 Å². The van der Waals surface area contributed by atoms with E-state index in [0.717, 1.165) is 17.1 Å². The van der Waals surface area contributed by atoms with E-state index in [-0.39, 0.29) is 18.5 Å². The topological polar surface area (TPSA) is 59.0 Å². The quantitative estimate of drug-likeness (QED) is 0.890. The van der Waals surface area contributed by atoms with E-state index >= 15 is 0 Å². The van der Waals surface area contributed by atoms with Crippen LogP contribution in [-0.2, 0) is 11.8 Å². The van der Waals surface area contributed by atoms with Gasteiger partial charge in [-0.1, -0.05) is 0 Å². The molecule has 2 N–H and O–H groups in total. The van der Waals surface area contributed by atoms with Gasteiger partial charge in [-0.2, -0.15) is 5.10 Å². The van der Waals surface area contributed by atoms with Gasteiger partial charge in [-0.15, -0.1) is 11.3 Å². The molecule has 0 bridgehead atoms. The first-order valence-corrected chi connectivity index (χ1v) is 8.21. The van der Waals surface area contributed by atoms with Gasteiger partial charge in [0.1, 0.15) is 0 Å². The molecule has 0 saturated carbocycles. The van der Waals surface area contributed by atoms with E-state index in [4.69, 9.17) is 0 Å². The van der Waals surface area contributed by atoms with Gasteiger partial charge in [0.25, 0.3) is 0 Å². The normalized spacial score (nSPS) is 12.5. The van der Waals surface area contributed by atoms with Gasteiger partial charge in [-0.25, -0.2) is 0 Å². The number of thiophene rings is 1. The molecule has 0 spiro atoms. The molecule has 2 rings (SSSR count). The number of aryl methyl sites for hydroxylation is 4. The Morgan fingerprint density at radius 1 is 1.36 bits per heavy atom. The van der Waals surface area contributed by atoms with Crippen LogP contribution in [0.4, 0.5) is 5.69 Å². The molecule has 120 valence electrons. The van der Waals surface area contributed by atoms with Gasteiger partial charge in [0, 0.05) is 22.8 Å². The first-order valence-electron chi connectivity index (χ1n) is 7.40. The van der Waals surface area contributed by atoms with Crippen LogP contribution in [0, 0.1) is 27.7 Å². The Hall–Kier alpha value is -1.66. The lowest BCUT2D eigenvalue weighted by molar-refractivity contribution is -0.115. The lowest BCUT2D eigenvalue weighted by atomic mass is 10.1. The number of rotatable bonds is 5. The van der Waals surface area contributed by atoms with Gasteiger partial charge in [0.15, 0.2) is 0 Å². The van der Waals surface area contributed by atoms with Crippen molar-refractivity contribution in [2.75, 3.05) is 11.9 Å². The second kappa shape index (κ2) is 6.62. The molecule has 0 aromatic carbocycles. The summed E-state index contributed by atoms with van der Waals surface area (Å²) in [5.41, 5.74) is 3.88. The molecule has 2 aromatic heterocycles. The summed E-state index contributed by atoms with van der Waals surface area (Å²) in [5.74, 6) is -0.0457. The van der Waals surface area contributed by atoms with Gasteiger partial charge in [0.2, 0.25) is 5.91 Å². The molecule has 0 radical (unpaired) electrons. The minimum atomic E-state index is -0.0457. The minimum absolute atomic E-state index is 0.0457. The number of hydrogen-bond acceptors (Lipinski definition) is 4. The predicted octanol–water partition coefficient (Wildman–Crippen LogP) is 3.00. The Balaban J connectivity index is 1.94. The van der Waals surface area contributed by atoms with Crippen molar-refractivity contribution in [1.82, 2.24) is 15.1 Å². The van der Waals surface area contributed by atoms with Crippen LogP contribution in [-0.4, -0.2) is 22.2 Å². The highest BCUT2D eigenvalue weighted by Gasteiger charge is 2.15. The SMILES string of the molecule is Cc1cc(C(C)NCC(=O)Nc2c(C)nn(C)c2C)c(C)s1. The number of amides is 1. The first kappa shape index (κ1) is 16.7. The second-order valence-electron chi connectivity index (χ2n) is 5.69. The highest BCUT2D eigenvalue weighted by atomic mass is 32.1. The zero-order valence-corrected chi connectivity index (χ0v) is 14.9. The average Bonchev–Trinajstić information content (AvgIpc) is 2.90. The number of carbonyl (C=O) groups is 1. The summed E-state index contributed by atoms with van der Waals surface area (Å²) in [7, 11) is 1.87. The Bertz CT molecular complexity index is 687. The van der Waals surface area contributed by atoms with E-state index < -0.39 is 0 Å². The monoisotopic (exact) mass is 320 g/mol. The lowest BCUT2D eigenvalue weighted by Gasteiger charge is -2.14. The maximum atomic E-state index is 12.1. The van der Waals surface area contributed by atoms with Crippen LogP contribution in [0.25, 0.3) is 0 Å². The lowest BCUT2D eigenvalue weighted by Crippen LogP contribution is -2.30. The molecule has 5 nitrogen and oxygen atoms in total. The highest BCUT2D eigenvalue weighted by molar-refractivity contribution is 7.12. The van der Waals surface area contributed by atoms with E-state index in [0.29, 0.717) is 0 Å². The predicted molar refractivity (Wildman–Crippen MR) is 91.5 cm³/mol. The molecule has 1 unspecified atom stereocenters. The molecule has 1 amide bonds. The molecule has 2 heterocycles. The molecule has 0 aliphatic heterocycles. The van der Waals surface area contributed by atoms with Crippen LogP contribution < -0.4 is 10.6 Å². The van der Waals surface area contributed by atoms with E-state index in [9.17, 15) is 4.79 Å². The highest BCUT2D eigenvalue weighted by Crippen LogP contribution is 2.26. The average molecular weight is 320 g/mol. The summed E-state index contributed by atoms with van der Waals surface area (Å²) in [5, 5.41) is 10.5. The van der Waals surface area contributed by atoms with Crippen molar-refractivity contribution in [2.24, 2.45) is 7.05 Å². The number of aromatic nitrogens is 2. The molecule has 6 heteroatoms. The summed E-state index contributed by atoms with van der Waals surface area (Å²) in [4.78, 5) is 14.7. The van der Waals surface area contributed by atoms with Crippen LogP contribution in [0.3, 0.4) is 0 Å². The Labute approximate surface area is 135 Å². The van der Waals surface area contributed by atoms with Crippen LogP contribution in [0.5, 0.6) is 0 Å². The molecular weight excluding hydrogens is 296 g/mol. The third kappa shape index (κ3) is 3.56. The van der Waals surface area contributed by atoms with E-state index in [1.54, 1.807) is 16.0 Å². The summed E-state index contributed by atoms with van der Waals surface area (Å²) in [6, 6.07) is 2.34. The van der Waals surface area contributed by atoms with Crippen molar-refractivity contribution >= 4 is 22.9 Å². The molecule has 0 aliphatic rings. The van der Waals surface area contributed by atoms with Crippen LogP contribution >= 0.6 is 11.3 Å². The van der Waals surface area contributed by atoms with E-state index in [1.807, 2.05) is 20.9 Å². The Morgan fingerprint density at radius 3 is 2.55 bits per heavy atom. The van der Waals surface area contributed by atoms with Gasteiger partial charge < -0.3 is 10.6 Å². The number of carbonyl (C=O) groups excluding carboxylic acids is 1. The molecule has 0 saturated heterocycles. The Morgan fingerprint density at radius 2 is 2.05 bits per heavy atom. The molecule has 1 atom stereocenters. The number of nitrogens with zero attached hydrogens (tertiary/aromatic N) is 2. The third-order valence-corrected chi connectivity index (χ3v) is 4.87. The summed E-state index contributed by atoms with van der Waals surface area (Å²) in [6.07, 6.45) is 0. The molecular formula is C16H24N4OS. The fourth-order valence-corrected chi connectivity index (χ4v) is 3.60. The van der Waals surface area contributed by atoms with Crippen LogP contribution in [0.2, 0.25) is 0 Å². The van der Waals surface area contributed by atoms with E-state index in [1.165, 1.54) is 15.3 Å². The standard InChI is InChI=1S/C16H24N4OS/c1-9-7-14(13(5)22-9)10(2)17-8-15(21)18-16-11(3)19-20(6)12(16)4/h7,10,17H,8H2,1-6H3,(H,18,21). The van der Waals surface area contributed by atoms with Crippen molar-refractivity contribution in [3.63, 3.8) is 0 Å². The fraction of sp³-hybridized carbons (Fsp3) is 0.500. The first-order chi connectivity index (χ1) is 10.3. The summed E-state index contributed by atoms with van der Waals surface area (Å²) in [6.45, 7) is 10.4. The molecule has 2 aromatic rings. The maximum absolute atomic E-state index is 12.1. The van der Waals surface area contributed by atoms with E-state index in [2.05, 4.69) is 42.6 Å². The number of hydrogen-bond donors (Lipinski definition) is 2. The van der Waals surface area contributed by atoms with Crippen molar-refractivity contribution < 1.29 is 4.79 Å². The molecule has 22 heavy (non-hydrogen) atoms. The smallest absolute Gasteiger partial charge is 0.238 e. The van der Waals surface area contributed by atoms with Crippen molar-refractivity contribution in [3.05, 3.63) is 32.8 Å². The largest absolute Gasteiger partial charge is 0.322 e. The maximum Gasteiger partial charge on any atom is 0.238 e. The van der Waals surface area contributed by atoms with Gasteiger partial charge in [-0.05, 0) is 46.2 Å². The third-order valence-electron chi connectivity index (χ3n) is 3.89. The second-order valence-corrected chi connectivity index (χ2v) is 7.15. The number of nitrogens with one attached hydrogen (secondary N) is 2. The van der Waals surface area contributed by atoms with Gasteiger partial charge >= 0.3 is 0 Å². The van der Waals surface area contributed by atoms with Crippen LogP contribution in [0.15, 0.2) is 6.07 Å². The summed E-state index contributed by atoms with van der Waals surface area (Å²) >= 11 is 1.79. The van der Waals surface area contributed by atoms with Crippen molar-refractivity contribution in [2.45, 2.75) is 40.7 Å². The van der Waals surface area contributed by atoms with Gasteiger partial charge in [0.05, 0.1) is 23.6 Å².